The number of amides is 1. The Kier molecular flexibility index (Phi) is 6.59. The van der Waals surface area contributed by atoms with E-state index < -0.39 is 15.6 Å². The predicted molar refractivity (Wildman–Crippen MR) is 92.2 cm³/mol. The van der Waals surface area contributed by atoms with Gasteiger partial charge in [-0.2, -0.15) is 0 Å². The van der Waals surface area contributed by atoms with Gasteiger partial charge in [-0.1, -0.05) is 6.07 Å². The van der Waals surface area contributed by atoms with Gasteiger partial charge in [0.1, 0.15) is 0 Å². The molecule has 0 radical (unpaired) electrons. The van der Waals surface area contributed by atoms with Crippen LogP contribution in [0.15, 0.2) is 29.2 Å². The molecule has 4 N–H and O–H groups in total. The van der Waals surface area contributed by atoms with Crippen LogP contribution < -0.4 is 15.8 Å². The first-order chi connectivity index (χ1) is 10.2. The molecule has 1 aromatic rings. The molecule has 1 fully saturated rings. The van der Waals surface area contributed by atoms with Gasteiger partial charge < -0.3 is 11.1 Å². The number of rotatable bonds is 7. The standard InChI is InChI=1S/C15H23N3O3S.ClH/c1-15(2,10-16)18-14(19)12-4-3-5-13(8-12)22(20,21)17-9-11-6-7-11;/h3-5,8,11,17H,6-7,9-10,16H2,1-2H3,(H,18,19);1H. The molecule has 1 aromatic carbocycles. The summed E-state index contributed by atoms with van der Waals surface area (Å²) in [5.74, 6) is 0.112. The third-order valence-corrected chi connectivity index (χ3v) is 5.05. The smallest absolute Gasteiger partial charge is 0.251 e. The van der Waals surface area contributed by atoms with E-state index in [4.69, 9.17) is 5.73 Å². The van der Waals surface area contributed by atoms with E-state index in [1.807, 2.05) is 13.8 Å². The molecule has 0 aromatic heterocycles. The Morgan fingerprint density at radius 1 is 1.35 bits per heavy atom. The van der Waals surface area contributed by atoms with E-state index in [0.717, 1.165) is 12.8 Å². The Hall–Kier alpha value is -1.15. The zero-order valence-electron chi connectivity index (χ0n) is 13.3. The van der Waals surface area contributed by atoms with Crippen LogP contribution in [0.5, 0.6) is 0 Å². The number of hydrogen-bond donors (Lipinski definition) is 3. The minimum absolute atomic E-state index is 0. The Morgan fingerprint density at radius 2 is 2.00 bits per heavy atom. The molecule has 8 heteroatoms. The fourth-order valence-corrected chi connectivity index (χ4v) is 3.03. The van der Waals surface area contributed by atoms with Gasteiger partial charge in [0, 0.05) is 24.2 Å². The van der Waals surface area contributed by atoms with Crippen molar-refractivity contribution in [2.75, 3.05) is 13.1 Å². The van der Waals surface area contributed by atoms with Gasteiger partial charge in [-0.05, 0) is 50.8 Å². The van der Waals surface area contributed by atoms with Crippen molar-refractivity contribution in [1.29, 1.82) is 0 Å². The molecule has 23 heavy (non-hydrogen) atoms. The zero-order chi connectivity index (χ0) is 16.4. The largest absolute Gasteiger partial charge is 0.346 e. The first-order valence-corrected chi connectivity index (χ1v) is 8.84. The van der Waals surface area contributed by atoms with Crippen molar-refractivity contribution in [3.8, 4) is 0 Å². The molecule has 1 saturated carbocycles. The van der Waals surface area contributed by atoms with Crippen molar-refractivity contribution in [3.05, 3.63) is 29.8 Å². The van der Waals surface area contributed by atoms with Crippen molar-refractivity contribution in [1.82, 2.24) is 10.0 Å². The van der Waals surface area contributed by atoms with Gasteiger partial charge >= 0.3 is 0 Å². The Morgan fingerprint density at radius 3 is 2.57 bits per heavy atom. The van der Waals surface area contributed by atoms with E-state index in [9.17, 15) is 13.2 Å². The zero-order valence-corrected chi connectivity index (χ0v) is 15.0. The van der Waals surface area contributed by atoms with Gasteiger partial charge in [-0.25, -0.2) is 13.1 Å². The summed E-state index contributed by atoms with van der Waals surface area (Å²) in [5.41, 5.74) is 5.34. The summed E-state index contributed by atoms with van der Waals surface area (Å²) in [6, 6.07) is 6.02. The molecule has 0 heterocycles. The lowest BCUT2D eigenvalue weighted by Crippen LogP contribution is -2.48. The van der Waals surface area contributed by atoms with Crippen LogP contribution in [0.2, 0.25) is 0 Å². The number of halogens is 1. The summed E-state index contributed by atoms with van der Waals surface area (Å²) in [6.45, 7) is 4.37. The minimum Gasteiger partial charge on any atom is -0.346 e. The molecular weight excluding hydrogens is 338 g/mol. The second-order valence-corrected chi connectivity index (χ2v) is 8.13. The van der Waals surface area contributed by atoms with Crippen LogP contribution in [0, 0.1) is 5.92 Å². The Bertz CT molecular complexity index is 658. The summed E-state index contributed by atoms with van der Waals surface area (Å²) in [4.78, 5) is 12.3. The highest BCUT2D eigenvalue weighted by atomic mass is 35.5. The molecule has 0 atom stereocenters. The van der Waals surface area contributed by atoms with Gasteiger partial charge in [0.05, 0.1) is 4.90 Å². The fourth-order valence-electron chi connectivity index (χ4n) is 1.87. The van der Waals surface area contributed by atoms with Crippen LogP contribution in [-0.2, 0) is 10.0 Å². The highest BCUT2D eigenvalue weighted by Gasteiger charge is 2.25. The average Bonchev–Trinajstić information content (AvgIpc) is 3.29. The van der Waals surface area contributed by atoms with E-state index >= 15 is 0 Å². The molecule has 2 rings (SSSR count). The molecule has 0 bridgehead atoms. The number of sulfonamides is 1. The molecule has 1 aliphatic carbocycles. The highest BCUT2D eigenvalue weighted by Crippen LogP contribution is 2.28. The summed E-state index contributed by atoms with van der Waals surface area (Å²) in [5, 5.41) is 2.78. The second-order valence-electron chi connectivity index (χ2n) is 6.37. The van der Waals surface area contributed by atoms with Crippen LogP contribution in [0.25, 0.3) is 0 Å². The normalized spacial score (nSPS) is 14.9. The number of nitrogens with one attached hydrogen (secondary N) is 2. The van der Waals surface area contributed by atoms with Crippen molar-refractivity contribution < 1.29 is 13.2 Å². The lowest BCUT2D eigenvalue weighted by molar-refractivity contribution is 0.0915. The monoisotopic (exact) mass is 361 g/mol. The summed E-state index contributed by atoms with van der Waals surface area (Å²) >= 11 is 0. The van der Waals surface area contributed by atoms with Crippen molar-refractivity contribution in [2.45, 2.75) is 37.1 Å². The molecule has 1 aliphatic rings. The van der Waals surface area contributed by atoms with E-state index in [1.165, 1.54) is 12.1 Å². The lowest BCUT2D eigenvalue weighted by atomic mass is 10.1. The highest BCUT2D eigenvalue weighted by molar-refractivity contribution is 7.89. The van der Waals surface area contributed by atoms with E-state index in [2.05, 4.69) is 10.0 Å². The molecule has 130 valence electrons. The van der Waals surface area contributed by atoms with Gasteiger partial charge in [0.2, 0.25) is 10.0 Å². The van der Waals surface area contributed by atoms with Gasteiger partial charge in [0.25, 0.3) is 5.91 Å². The van der Waals surface area contributed by atoms with Gasteiger partial charge in [-0.15, -0.1) is 12.4 Å². The number of carbonyl (C=O) groups is 1. The molecule has 0 spiro atoms. The number of hydrogen-bond acceptors (Lipinski definition) is 4. The molecular formula is C15H24ClN3O3S. The first-order valence-electron chi connectivity index (χ1n) is 7.36. The maximum Gasteiger partial charge on any atom is 0.251 e. The SMILES string of the molecule is CC(C)(CN)NC(=O)c1cccc(S(=O)(=O)NCC2CC2)c1.Cl. The Balaban J connectivity index is 0.00000264. The van der Waals surface area contributed by atoms with Gasteiger partial charge in [-0.3, -0.25) is 4.79 Å². The van der Waals surface area contributed by atoms with Crippen molar-refractivity contribution in [2.24, 2.45) is 11.7 Å². The number of nitrogens with two attached hydrogens (primary N) is 1. The van der Waals surface area contributed by atoms with Crippen LogP contribution in [0.1, 0.15) is 37.0 Å². The third kappa shape index (κ3) is 5.76. The first kappa shape index (κ1) is 19.9. The number of carbonyl (C=O) groups excluding carboxylic acids is 1. The van der Waals surface area contributed by atoms with E-state index in [-0.39, 0.29) is 23.2 Å². The van der Waals surface area contributed by atoms with Crippen LogP contribution >= 0.6 is 12.4 Å². The maximum absolute atomic E-state index is 12.2. The molecule has 1 amide bonds. The van der Waals surface area contributed by atoms with Crippen molar-refractivity contribution in [3.63, 3.8) is 0 Å². The average molecular weight is 362 g/mol. The topological polar surface area (TPSA) is 101 Å². The summed E-state index contributed by atoms with van der Waals surface area (Å²) in [7, 11) is -3.58. The fraction of sp³-hybridized carbons (Fsp3) is 0.533. The quantitative estimate of drug-likeness (QED) is 0.680. The predicted octanol–water partition coefficient (Wildman–Crippen LogP) is 1.26. The summed E-state index contributed by atoms with van der Waals surface area (Å²) < 4.78 is 27.0. The van der Waals surface area contributed by atoms with E-state index in [1.54, 1.807) is 12.1 Å². The van der Waals surface area contributed by atoms with Crippen LogP contribution in [-0.4, -0.2) is 33.0 Å². The second kappa shape index (κ2) is 7.61. The maximum atomic E-state index is 12.2. The molecule has 0 aliphatic heterocycles. The number of benzene rings is 1. The molecule has 0 saturated heterocycles. The molecule has 0 unspecified atom stereocenters. The van der Waals surface area contributed by atoms with E-state index in [0.29, 0.717) is 24.6 Å². The van der Waals surface area contributed by atoms with Crippen molar-refractivity contribution >= 4 is 28.3 Å². The third-order valence-electron chi connectivity index (χ3n) is 3.63. The van der Waals surface area contributed by atoms with Crippen LogP contribution in [0.4, 0.5) is 0 Å². The van der Waals surface area contributed by atoms with Crippen LogP contribution in [0.3, 0.4) is 0 Å². The summed E-state index contributed by atoms with van der Waals surface area (Å²) in [6.07, 6.45) is 2.14. The molecule has 6 nitrogen and oxygen atoms in total. The minimum atomic E-state index is -3.58. The van der Waals surface area contributed by atoms with Gasteiger partial charge in [0.15, 0.2) is 0 Å². The Labute approximate surface area is 143 Å². The lowest BCUT2D eigenvalue weighted by Gasteiger charge is -2.24.